The number of hydrogen-bond acceptors (Lipinski definition) is 6. The molecule has 202 valence electrons. The van der Waals surface area contributed by atoms with Crippen LogP contribution in [-0.2, 0) is 20.7 Å². The largest absolute Gasteiger partial charge is 0.496 e. The highest BCUT2D eigenvalue weighted by molar-refractivity contribution is 5.88. The van der Waals surface area contributed by atoms with Crippen LogP contribution in [0.15, 0.2) is 54.7 Å². The fraction of sp³-hybridized carbons (Fsp3) is 0.467. The lowest BCUT2D eigenvalue weighted by atomic mass is 9.66. The van der Waals surface area contributed by atoms with E-state index < -0.39 is 17.6 Å². The van der Waals surface area contributed by atoms with Crippen LogP contribution in [-0.4, -0.2) is 65.8 Å². The van der Waals surface area contributed by atoms with E-state index in [2.05, 4.69) is 15.2 Å². The highest BCUT2D eigenvalue weighted by Crippen LogP contribution is 2.50. The Balaban J connectivity index is 1.37. The Morgan fingerprint density at radius 2 is 1.92 bits per heavy atom. The molecule has 0 radical (unpaired) electrons. The van der Waals surface area contributed by atoms with Crippen molar-refractivity contribution in [1.82, 2.24) is 15.2 Å². The monoisotopic (exact) mass is 519 g/mol. The summed E-state index contributed by atoms with van der Waals surface area (Å²) in [4.78, 5) is 31.5. The minimum atomic E-state index is -0.812. The molecular formula is C30H37N3O5. The SMILES string of the molecule is COC(=O)C(Cc1c[nH]c2ccccc12)NC(=O)CN1CCC2(O)CCCCC2C1c1ccccc1OC. The summed E-state index contributed by atoms with van der Waals surface area (Å²) >= 11 is 0. The minimum Gasteiger partial charge on any atom is -0.496 e. The fourth-order valence-corrected chi connectivity index (χ4v) is 6.52. The van der Waals surface area contributed by atoms with Gasteiger partial charge in [0.1, 0.15) is 11.8 Å². The molecular weight excluding hydrogens is 482 g/mol. The van der Waals surface area contributed by atoms with Crippen LogP contribution in [0.4, 0.5) is 0 Å². The molecule has 8 nitrogen and oxygen atoms in total. The second-order valence-electron chi connectivity index (χ2n) is 10.6. The molecule has 38 heavy (non-hydrogen) atoms. The van der Waals surface area contributed by atoms with Gasteiger partial charge in [0.2, 0.25) is 5.91 Å². The molecule has 1 saturated carbocycles. The number of carbonyl (C=O) groups excluding carboxylic acids is 2. The summed E-state index contributed by atoms with van der Waals surface area (Å²) in [6, 6.07) is 14.8. The second-order valence-corrected chi connectivity index (χ2v) is 10.6. The number of esters is 1. The molecule has 0 bridgehead atoms. The van der Waals surface area contributed by atoms with Crippen molar-refractivity contribution in [3.05, 3.63) is 65.9 Å². The first-order valence-electron chi connectivity index (χ1n) is 13.4. The van der Waals surface area contributed by atoms with Crippen molar-refractivity contribution in [3.63, 3.8) is 0 Å². The maximum Gasteiger partial charge on any atom is 0.328 e. The van der Waals surface area contributed by atoms with Crippen molar-refractivity contribution in [2.75, 3.05) is 27.3 Å². The lowest BCUT2D eigenvalue weighted by molar-refractivity contribution is -0.146. The molecule has 1 aliphatic carbocycles. The highest BCUT2D eigenvalue weighted by Gasteiger charge is 2.49. The number of aliphatic hydroxyl groups is 1. The number of rotatable bonds is 8. The Hall–Kier alpha value is -3.36. The molecule has 3 aromatic rings. The molecule has 1 aliphatic heterocycles. The van der Waals surface area contributed by atoms with Gasteiger partial charge in [0.25, 0.3) is 0 Å². The molecule has 1 saturated heterocycles. The first kappa shape index (κ1) is 26.3. The summed E-state index contributed by atoms with van der Waals surface area (Å²) in [7, 11) is 2.99. The van der Waals surface area contributed by atoms with Crippen LogP contribution in [0.5, 0.6) is 5.75 Å². The zero-order chi connectivity index (χ0) is 26.7. The molecule has 5 rings (SSSR count). The topological polar surface area (TPSA) is 104 Å². The van der Waals surface area contributed by atoms with E-state index in [9.17, 15) is 14.7 Å². The van der Waals surface area contributed by atoms with Gasteiger partial charge in [-0.1, -0.05) is 49.2 Å². The molecule has 4 atom stereocenters. The number of para-hydroxylation sites is 2. The first-order valence-corrected chi connectivity index (χ1v) is 13.4. The molecule has 0 spiro atoms. The van der Waals surface area contributed by atoms with Gasteiger partial charge in [-0.05, 0) is 37.0 Å². The quantitative estimate of drug-likeness (QED) is 0.392. The Bertz CT molecular complexity index is 1290. The number of H-pyrrole nitrogens is 1. The number of carbonyl (C=O) groups is 2. The predicted molar refractivity (Wildman–Crippen MR) is 145 cm³/mol. The number of nitrogens with zero attached hydrogens (tertiary/aromatic N) is 1. The number of piperidine rings is 1. The van der Waals surface area contributed by atoms with Gasteiger partial charge in [0.15, 0.2) is 0 Å². The lowest BCUT2D eigenvalue weighted by Gasteiger charge is -2.52. The Labute approximate surface area is 223 Å². The minimum absolute atomic E-state index is 0.00303. The molecule has 2 aliphatic rings. The van der Waals surface area contributed by atoms with Gasteiger partial charge >= 0.3 is 5.97 Å². The molecule has 1 aromatic heterocycles. The number of nitrogens with one attached hydrogen (secondary N) is 2. The fourth-order valence-electron chi connectivity index (χ4n) is 6.52. The molecule has 2 fully saturated rings. The molecule has 8 heteroatoms. The number of ether oxygens (including phenoxy) is 2. The molecule has 3 N–H and O–H groups in total. The van der Waals surface area contributed by atoms with Gasteiger partial charge in [-0.3, -0.25) is 9.69 Å². The van der Waals surface area contributed by atoms with Gasteiger partial charge < -0.3 is 24.9 Å². The standard InChI is InChI=1S/C30H37N3O5/c1-37-26-13-6-4-10-22(26)28-23-11-7-8-14-30(23,36)15-16-33(28)19-27(34)32-25(29(35)38-2)17-20-18-31-24-12-5-3-9-21(20)24/h3-6,9-10,12-13,18,23,25,28,31,36H,7-8,11,14-17,19H2,1-2H3,(H,32,34). The summed E-state index contributed by atoms with van der Waals surface area (Å²) in [6.45, 7) is 0.686. The van der Waals surface area contributed by atoms with Gasteiger partial charge in [0, 0.05) is 47.6 Å². The van der Waals surface area contributed by atoms with Crippen molar-refractivity contribution in [1.29, 1.82) is 0 Å². The third-order valence-corrected chi connectivity index (χ3v) is 8.40. The second kappa shape index (κ2) is 11.2. The summed E-state index contributed by atoms with van der Waals surface area (Å²) in [5.41, 5.74) is 2.15. The van der Waals surface area contributed by atoms with Gasteiger partial charge in [-0.25, -0.2) is 4.79 Å². The van der Waals surface area contributed by atoms with Crippen molar-refractivity contribution < 1.29 is 24.2 Å². The molecule has 1 amide bonds. The van der Waals surface area contributed by atoms with Crippen LogP contribution in [0.25, 0.3) is 10.9 Å². The van der Waals surface area contributed by atoms with Crippen molar-refractivity contribution in [2.45, 2.75) is 56.2 Å². The van der Waals surface area contributed by atoms with E-state index in [1.165, 1.54) is 7.11 Å². The summed E-state index contributed by atoms with van der Waals surface area (Å²) in [5, 5.41) is 15.5. The average molecular weight is 520 g/mol. The van der Waals surface area contributed by atoms with Crippen LogP contribution < -0.4 is 10.1 Å². The smallest absolute Gasteiger partial charge is 0.328 e. The number of aromatic amines is 1. The maximum atomic E-state index is 13.4. The predicted octanol–water partition coefficient (Wildman–Crippen LogP) is 3.75. The van der Waals surface area contributed by atoms with Crippen LogP contribution in [0.3, 0.4) is 0 Å². The number of aromatic nitrogens is 1. The summed E-state index contributed by atoms with van der Waals surface area (Å²) in [6.07, 6.45) is 6.54. The van der Waals surface area contributed by atoms with E-state index in [1.807, 2.05) is 54.7 Å². The zero-order valence-electron chi connectivity index (χ0n) is 22.1. The van der Waals surface area contributed by atoms with E-state index in [0.29, 0.717) is 19.4 Å². The lowest BCUT2D eigenvalue weighted by Crippen LogP contribution is -2.57. The number of hydrogen-bond donors (Lipinski definition) is 3. The van der Waals surface area contributed by atoms with E-state index in [0.717, 1.165) is 53.5 Å². The maximum absolute atomic E-state index is 13.4. The zero-order valence-corrected chi connectivity index (χ0v) is 22.1. The number of likely N-dealkylation sites (tertiary alicyclic amines) is 1. The van der Waals surface area contributed by atoms with Gasteiger partial charge in [0.05, 0.1) is 26.4 Å². The number of methoxy groups -OCH3 is 2. The van der Waals surface area contributed by atoms with Crippen LogP contribution in [0.1, 0.15) is 49.3 Å². The number of fused-ring (bicyclic) bond motifs is 2. The van der Waals surface area contributed by atoms with Crippen molar-refractivity contribution in [2.24, 2.45) is 5.92 Å². The van der Waals surface area contributed by atoms with Crippen LogP contribution in [0.2, 0.25) is 0 Å². The van der Waals surface area contributed by atoms with Crippen molar-refractivity contribution in [3.8, 4) is 5.75 Å². The van der Waals surface area contributed by atoms with Gasteiger partial charge in [-0.2, -0.15) is 0 Å². The Morgan fingerprint density at radius 1 is 1.13 bits per heavy atom. The Kier molecular flexibility index (Phi) is 7.72. The summed E-state index contributed by atoms with van der Waals surface area (Å²) < 4.78 is 10.7. The summed E-state index contributed by atoms with van der Waals surface area (Å²) in [5.74, 6) is 0.0211. The first-order chi connectivity index (χ1) is 18.4. The highest BCUT2D eigenvalue weighted by atomic mass is 16.5. The van der Waals surface area contributed by atoms with Crippen molar-refractivity contribution >= 4 is 22.8 Å². The number of amides is 1. The van der Waals surface area contributed by atoms with Crippen LogP contribution >= 0.6 is 0 Å². The molecule has 2 heterocycles. The van der Waals surface area contributed by atoms with E-state index >= 15 is 0 Å². The van der Waals surface area contributed by atoms with E-state index in [-0.39, 0.29) is 24.4 Å². The molecule has 4 unspecified atom stereocenters. The third kappa shape index (κ3) is 5.15. The van der Waals surface area contributed by atoms with E-state index in [4.69, 9.17) is 9.47 Å². The molecule has 2 aromatic carbocycles. The van der Waals surface area contributed by atoms with Crippen LogP contribution in [0, 0.1) is 5.92 Å². The van der Waals surface area contributed by atoms with Gasteiger partial charge in [-0.15, -0.1) is 0 Å². The third-order valence-electron chi connectivity index (χ3n) is 8.40. The number of benzene rings is 2. The average Bonchev–Trinajstić information content (AvgIpc) is 3.35. The normalized spacial score (nSPS) is 24.4. The Morgan fingerprint density at radius 3 is 2.74 bits per heavy atom. The van der Waals surface area contributed by atoms with E-state index in [1.54, 1.807) is 7.11 Å².